The van der Waals surface area contributed by atoms with Gasteiger partial charge in [-0.1, -0.05) is 12.1 Å². The Morgan fingerprint density at radius 3 is 1.30 bits per heavy atom. The van der Waals surface area contributed by atoms with Gasteiger partial charge in [-0.2, -0.15) is 26.3 Å². The number of ether oxygens (including phenoxy) is 4. The van der Waals surface area contributed by atoms with Gasteiger partial charge in [0, 0.05) is 48.0 Å². The quantitative estimate of drug-likeness (QED) is 0.0642. The normalized spacial score (nSPS) is 12.9. The molecule has 0 bridgehead atoms. The molecule has 4 heterocycles. The first-order chi connectivity index (χ1) is 37.1. The number of alkyl halides is 12. The van der Waals surface area contributed by atoms with E-state index in [1.807, 2.05) is 6.07 Å². The van der Waals surface area contributed by atoms with Crippen molar-refractivity contribution in [2.24, 2.45) is 0 Å². The molecule has 79 heavy (non-hydrogen) atoms. The van der Waals surface area contributed by atoms with E-state index in [1.165, 1.54) is 54.9 Å². The minimum atomic E-state index is -4.86. The standard InChI is InChI=1S/C28H24F6N4O3.C25H19F6N3O4/c1-16-12-17(2-9-22(16)26(39)37-18-3-4-18)24-14-36-25-23(35-11-10-27(29,30)31)13-21(15-38(24)25)40-19-5-7-20(8-6-19)41-28(32,33)34;1-14-10-15(2-7-19(14)23(35)36)21-12-33-22-20(32-9-8-24(26,27)28)11-18(13-34(21)22)37-16-3-5-17(6-4-16)38-25(29,30)31/h2,5-9,12-15,18,35H,3-4,10-11H2,1H3,(H,37,39);2-7,10-13,32H,8-9H2,1H3,(H,35,36). The van der Waals surface area contributed by atoms with Crippen molar-refractivity contribution in [1.82, 2.24) is 24.1 Å². The number of fused-ring (bicyclic) bond motifs is 2. The first-order valence-corrected chi connectivity index (χ1v) is 23.6. The Balaban J connectivity index is 0.000000209. The molecule has 416 valence electrons. The van der Waals surface area contributed by atoms with Gasteiger partial charge in [0.1, 0.15) is 34.5 Å². The molecule has 14 nitrogen and oxygen atoms in total. The highest BCUT2D eigenvalue weighted by atomic mass is 19.4. The number of benzene rings is 4. The van der Waals surface area contributed by atoms with Crippen LogP contribution in [0.15, 0.2) is 122 Å². The third-order valence-electron chi connectivity index (χ3n) is 11.6. The fourth-order valence-electron chi connectivity index (χ4n) is 7.92. The number of nitrogens with one attached hydrogen (secondary N) is 3. The molecule has 0 aliphatic heterocycles. The van der Waals surface area contributed by atoms with Crippen molar-refractivity contribution in [1.29, 1.82) is 0 Å². The van der Waals surface area contributed by atoms with E-state index in [-0.39, 0.29) is 57.5 Å². The van der Waals surface area contributed by atoms with E-state index < -0.39 is 68.5 Å². The van der Waals surface area contributed by atoms with Crippen LogP contribution < -0.4 is 34.9 Å². The van der Waals surface area contributed by atoms with Gasteiger partial charge in [0.2, 0.25) is 0 Å². The second-order valence-corrected chi connectivity index (χ2v) is 17.8. The number of aryl methyl sites for hydroxylation is 2. The Hall–Kier alpha value is -8.84. The third kappa shape index (κ3) is 15.4. The lowest BCUT2D eigenvalue weighted by molar-refractivity contribution is -0.275. The lowest BCUT2D eigenvalue weighted by atomic mass is 10.0. The summed E-state index contributed by atoms with van der Waals surface area (Å²) < 4.78 is 174. The predicted molar refractivity (Wildman–Crippen MR) is 263 cm³/mol. The zero-order chi connectivity index (χ0) is 57.0. The molecule has 4 N–H and O–H groups in total. The summed E-state index contributed by atoms with van der Waals surface area (Å²) in [5.74, 6) is -1.49. The van der Waals surface area contributed by atoms with E-state index in [2.05, 4.69) is 35.4 Å². The molecule has 0 spiro atoms. The molecule has 1 fully saturated rings. The maximum Gasteiger partial charge on any atom is 0.573 e. The number of aromatic carboxylic acids is 1. The number of aromatic nitrogens is 4. The Kier molecular flexibility index (Phi) is 16.1. The van der Waals surface area contributed by atoms with E-state index in [0.717, 1.165) is 42.7 Å². The summed E-state index contributed by atoms with van der Waals surface area (Å²) in [6.45, 7) is 2.57. The van der Waals surface area contributed by atoms with Crippen molar-refractivity contribution in [2.75, 3.05) is 23.7 Å². The second-order valence-electron chi connectivity index (χ2n) is 17.8. The Labute approximate surface area is 439 Å². The summed E-state index contributed by atoms with van der Waals surface area (Å²) in [5, 5.41) is 17.7. The Morgan fingerprint density at radius 2 is 0.949 bits per heavy atom. The van der Waals surface area contributed by atoms with Gasteiger partial charge in [-0.25, -0.2) is 14.8 Å². The number of carboxylic acid groups (broad SMARTS) is 1. The summed E-state index contributed by atoms with van der Waals surface area (Å²) in [6, 6.07) is 22.3. The van der Waals surface area contributed by atoms with E-state index in [0.29, 0.717) is 39.3 Å². The van der Waals surface area contributed by atoms with Gasteiger partial charge in [-0.05, 0) is 111 Å². The Bertz CT molecular complexity index is 3480. The molecule has 0 unspecified atom stereocenters. The third-order valence-corrected chi connectivity index (χ3v) is 11.6. The summed E-state index contributed by atoms with van der Waals surface area (Å²) in [6.07, 6.45) is -12.6. The van der Waals surface area contributed by atoms with E-state index in [4.69, 9.17) is 9.47 Å². The van der Waals surface area contributed by atoms with Crippen LogP contribution in [0.3, 0.4) is 0 Å². The monoisotopic (exact) mass is 1120 g/mol. The highest BCUT2D eigenvalue weighted by Crippen LogP contribution is 2.36. The summed E-state index contributed by atoms with van der Waals surface area (Å²) in [5.41, 5.74) is 5.31. The smallest absolute Gasteiger partial charge is 0.478 e. The fourth-order valence-corrected chi connectivity index (χ4v) is 7.92. The first kappa shape index (κ1) is 56.4. The molecule has 0 atom stereocenters. The van der Waals surface area contributed by atoms with Crippen LogP contribution in [0.2, 0.25) is 0 Å². The molecular formula is C53H43F12N7O7. The summed E-state index contributed by atoms with van der Waals surface area (Å²) in [7, 11) is 0. The molecule has 1 aliphatic rings. The summed E-state index contributed by atoms with van der Waals surface area (Å²) in [4.78, 5) is 32.6. The average Bonchev–Trinajstić information content (AvgIpc) is 3.99. The van der Waals surface area contributed by atoms with Crippen LogP contribution in [0.25, 0.3) is 33.8 Å². The first-order valence-electron chi connectivity index (χ1n) is 23.6. The maximum atomic E-state index is 12.8. The molecule has 0 radical (unpaired) electrons. The number of hydrogen-bond donors (Lipinski definition) is 4. The van der Waals surface area contributed by atoms with Crippen molar-refractivity contribution < 1.29 is 86.3 Å². The van der Waals surface area contributed by atoms with Gasteiger partial charge in [0.25, 0.3) is 5.91 Å². The lowest BCUT2D eigenvalue weighted by Crippen LogP contribution is -2.26. The van der Waals surface area contributed by atoms with Crippen LogP contribution >= 0.6 is 0 Å². The molecule has 4 aromatic heterocycles. The number of carboxylic acids is 1. The van der Waals surface area contributed by atoms with E-state index >= 15 is 0 Å². The number of carbonyl (C=O) groups is 2. The van der Waals surface area contributed by atoms with Crippen molar-refractivity contribution in [3.63, 3.8) is 0 Å². The molecule has 4 aromatic carbocycles. The van der Waals surface area contributed by atoms with Gasteiger partial charge in [0.05, 0.1) is 66.0 Å². The number of anilines is 2. The number of nitrogens with zero attached hydrogens (tertiary/aromatic N) is 4. The lowest BCUT2D eigenvalue weighted by Gasteiger charge is -2.14. The van der Waals surface area contributed by atoms with Gasteiger partial charge >= 0.3 is 31.0 Å². The van der Waals surface area contributed by atoms with Crippen LogP contribution in [-0.4, -0.2) is 80.0 Å². The molecule has 1 aliphatic carbocycles. The highest BCUT2D eigenvalue weighted by molar-refractivity contribution is 5.96. The Morgan fingerprint density at radius 1 is 0.557 bits per heavy atom. The highest BCUT2D eigenvalue weighted by Gasteiger charge is 2.33. The van der Waals surface area contributed by atoms with Crippen LogP contribution in [0.1, 0.15) is 57.5 Å². The maximum absolute atomic E-state index is 12.8. The molecule has 0 saturated heterocycles. The van der Waals surface area contributed by atoms with E-state index in [1.54, 1.807) is 59.3 Å². The number of imidazole rings is 2. The molecule has 1 saturated carbocycles. The molecular weight excluding hydrogens is 1070 g/mol. The van der Waals surface area contributed by atoms with Gasteiger partial charge in [-0.15, -0.1) is 26.3 Å². The number of carbonyl (C=O) groups excluding carboxylic acids is 1. The van der Waals surface area contributed by atoms with Gasteiger partial charge < -0.3 is 40.0 Å². The minimum Gasteiger partial charge on any atom is -0.478 e. The summed E-state index contributed by atoms with van der Waals surface area (Å²) >= 11 is 0. The molecule has 9 rings (SSSR count). The number of amides is 1. The molecule has 26 heteroatoms. The van der Waals surface area contributed by atoms with Crippen LogP contribution in [-0.2, 0) is 0 Å². The zero-order valence-electron chi connectivity index (χ0n) is 41.1. The number of rotatable bonds is 17. The fraction of sp³-hybridized carbons (Fsp3) is 0.245. The zero-order valence-corrected chi connectivity index (χ0v) is 41.1. The van der Waals surface area contributed by atoms with Gasteiger partial charge in [0.15, 0.2) is 11.3 Å². The predicted octanol–water partition coefficient (Wildman–Crippen LogP) is 14.3. The second kappa shape index (κ2) is 22.6. The average molecular weight is 1120 g/mol. The van der Waals surface area contributed by atoms with Gasteiger partial charge in [-0.3, -0.25) is 13.6 Å². The van der Waals surface area contributed by atoms with Crippen LogP contribution in [0, 0.1) is 13.8 Å². The number of pyridine rings is 2. The van der Waals surface area contributed by atoms with Crippen molar-refractivity contribution in [2.45, 2.75) is 70.6 Å². The SMILES string of the molecule is Cc1cc(-c2cnc3c(NCCC(F)(F)F)cc(Oc4ccc(OC(F)(F)F)cc4)cn23)ccc1C(=O)NC1CC1.Cc1cc(-c2cnc3c(NCCC(F)(F)F)cc(Oc4ccc(OC(F)(F)F)cc4)cn23)ccc1C(=O)O. The molecule has 8 aromatic rings. The molecule has 1 amide bonds. The van der Waals surface area contributed by atoms with Crippen molar-refractivity contribution in [3.8, 4) is 57.0 Å². The minimum absolute atomic E-state index is 0.110. The van der Waals surface area contributed by atoms with E-state index in [9.17, 15) is 67.4 Å². The largest absolute Gasteiger partial charge is 0.573 e. The topological polar surface area (TPSA) is 162 Å². The van der Waals surface area contributed by atoms with Crippen LogP contribution in [0.5, 0.6) is 34.5 Å². The van der Waals surface area contributed by atoms with Crippen molar-refractivity contribution >= 4 is 34.5 Å². The number of hydrogen-bond acceptors (Lipinski definition) is 10. The number of halogens is 12. The van der Waals surface area contributed by atoms with Crippen molar-refractivity contribution in [3.05, 3.63) is 144 Å². The van der Waals surface area contributed by atoms with Crippen LogP contribution in [0.4, 0.5) is 64.1 Å².